The average molecular weight is 166 g/mol. The Kier molecular flexibility index (Phi) is 2.13. The van der Waals surface area contributed by atoms with Crippen molar-refractivity contribution in [2.45, 2.75) is 17.8 Å². The zero-order chi connectivity index (χ0) is 7.61. The number of rotatable bonds is 2. The molecule has 1 atom stereocenters. The highest BCUT2D eigenvalue weighted by Crippen LogP contribution is 2.24. The van der Waals surface area contributed by atoms with Gasteiger partial charge < -0.3 is 5.11 Å². The topological polar surface area (TPSA) is 58.6 Å². The lowest BCUT2D eigenvalue weighted by molar-refractivity contribution is -0.138. The fourth-order valence-electron chi connectivity index (χ4n) is 0.808. The van der Waals surface area contributed by atoms with Crippen LogP contribution in [0.1, 0.15) is 12.8 Å². The second-order valence-corrected chi connectivity index (χ2v) is 2.96. The summed E-state index contributed by atoms with van der Waals surface area (Å²) in [6, 6.07) is 0. The van der Waals surface area contributed by atoms with Gasteiger partial charge in [0.1, 0.15) is 5.00 Å². The molecule has 0 amide bonds. The van der Waals surface area contributed by atoms with Crippen LogP contribution in [0.5, 0.6) is 0 Å². The Balaban J connectivity index is 2.43. The van der Waals surface area contributed by atoms with Gasteiger partial charge in [0.25, 0.3) is 0 Å². The summed E-state index contributed by atoms with van der Waals surface area (Å²) in [5, 5.41) is 8.36. The number of aliphatic carboxylic acids is 1. The lowest BCUT2D eigenvalue weighted by atomic mass is 10.1. The van der Waals surface area contributed by atoms with E-state index in [0.29, 0.717) is 13.0 Å². The van der Waals surface area contributed by atoms with Crippen LogP contribution in [0.2, 0.25) is 0 Å². The molecule has 0 aromatic rings. The Labute approximate surface area is 63.1 Å². The van der Waals surface area contributed by atoms with Crippen LogP contribution in [-0.4, -0.2) is 22.7 Å². The van der Waals surface area contributed by atoms with E-state index in [4.69, 9.17) is 21.5 Å². The van der Waals surface area contributed by atoms with Gasteiger partial charge in [-0.1, -0.05) is 11.6 Å². The van der Waals surface area contributed by atoms with Crippen molar-refractivity contribution >= 4 is 17.6 Å². The minimum Gasteiger partial charge on any atom is -0.481 e. The molecular formula is C5H8ClNO3. The van der Waals surface area contributed by atoms with Crippen LogP contribution in [0, 0.1) is 0 Å². The van der Waals surface area contributed by atoms with Crippen molar-refractivity contribution in [3.8, 4) is 0 Å². The summed E-state index contributed by atoms with van der Waals surface area (Å²) >= 11 is 5.75. The van der Waals surface area contributed by atoms with Crippen molar-refractivity contribution in [2.75, 3.05) is 6.61 Å². The highest BCUT2D eigenvalue weighted by Gasteiger charge is 2.34. The summed E-state index contributed by atoms with van der Waals surface area (Å²) in [6.07, 6.45) is 0.412. The zero-order valence-electron chi connectivity index (χ0n) is 5.26. The third-order valence-corrected chi connectivity index (χ3v) is 1.69. The van der Waals surface area contributed by atoms with Crippen LogP contribution in [0.25, 0.3) is 0 Å². The molecule has 1 heterocycles. The average Bonchev–Trinajstić information content (AvgIpc) is 2.12. The van der Waals surface area contributed by atoms with Crippen molar-refractivity contribution in [3.63, 3.8) is 0 Å². The van der Waals surface area contributed by atoms with E-state index < -0.39 is 11.0 Å². The largest absolute Gasteiger partial charge is 0.481 e. The number of hydrogen-bond donors (Lipinski definition) is 2. The van der Waals surface area contributed by atoms with Gasteiger partial charge in [0.05, 0.1) is 13.0 Å². The highest BCUT2D eigenvalue weighted by atomic mass is 35.5. The molecule has 1 rings (SSSR count). The van der Waals surface area contributed by atoms with Crippen LogP contribution in [0.3, 0.4) is 0 Å². The standard InChI is InChI=1S/C5H8ClNO3/c6-5(3-4(8)9)1-2-10-7-5/h7H,1-3H2,(H,8,9). The monoisotopic (exact) mass is 165 g/mol. The molecule has 0 aliphatic carbocycles. The summed E-state index contributed by atoms with van der Waals surface area (Å²) < 4.78 is 0. The molecule has 1 saturated heterocycles. The van der Waals surface area contributed by atoms with E-state index in [0.717, 1.165) is 0 Å². The van der Waals surface area contributed by atoms with Crippen LogP contribution < -0.4 is 5.48 Å². The van der Waals surface area contributed by atoms with Gasteiger partial charge in [-0.3, -0.25) is 9.63 Å². The van der Waals surface area contributed by atoms with E-state index in [9.17, 15) is 4.79 Å². The maximum absolute atomic E-state index is 10.2. The molecule has 1 unspecified atom stereocenters. The molecule has 2 N–H and O–H groups in total. The number of hydrogen-bond acceptors (Lipinski definition) is 3. The van der Waals surface area contributed by atoms with Gasteiger partial charge in [-0.2, -0.15) is 5.48 Å². The third-order valence-electron chi connectivity index (χ3n) is 1.29. The van der Waals surface area contributed by atoms with E-state index in [1.807, 2.05) is 0 Å². The predicted octanol–water partition coefficient (Wildman–Crippen LogP) is 0.321. The Morgan fingerprint density at radius 1 is 1.90 bits per heavy atom. The molecule has 0 aromatic heterocycles. The third kappa shape index (κ3) is 1.83. The minimum atomic E-state index is -0.923. The molecule has 5 heteroatoms. The van der Waals surface area contributed by atoms with E-state index in [1.165, 1.54) is 0 Å². The number of nitrogens with one attached hydrogen (secondary N) is 1. The lowest BCUT2D eigenvalue weighted by Crippen LogP contribution is -2.34. The van der Waals surface area contributed by atoms with Gasteiger partial charge in [-0.25, -0.2) is 0 Å². The summed E-state index contributed by atoms with van der Waals surface area (Å²) in [5.74, 6) is -0.923. The summed E-state index contributed by atoms with van der Waals surface area (Å²) in [6.45, 7) is 0.469. The maximum atomic E-state index is 10.2. The van der Waals surface area contributed by atoms with Crippen molar-refractivity contribution < 1.29 is 14.7 Å². The Hall–Kier alpha value is -0.320. The first-order valence-electron chi connectivity index (χ1n) is 2.92. The molecule has 0 radical (unpaired) electrons. The normalized spacial score (nSPS) is 32.5. The molecule has 0 aromatic carbocycles. The molecule has 1 aliphatic heterocycles. The van der Waals surface area contributed by atoms with Gasteiger partial charge in [-0.05, 0) is 0 Å². The van der Waals surface area contributed by atoms with Crippen molar-refractivity contribution in [2.24, 2.45) is 0 Å². The van der Waals surface area contributed by atoms with E-state index >= 15 is 0 Å². The number of halogens is 1. The first-order chi connectivity index (χ1) is 4.62. The van der Waals surface area contributed by atoms with Gasteiger partial charge in [-0.15, -0.1) is 0 Å². The molecule has 4 nitrogen and oxygen atoms in total. The van der Waals surface area contributed by atoms with Crippen molar-refractivity contribution in [3.05, 3.63) is 0 Å². The second kappa shape index (κ2) is 2.74. The second-order valence-electron chi connectivity index (χ2n) is 2.24. The van der Waals surface area contributed by atoms with Crippen LogP contribution in [-0.2, 0) is 9.63 Å². The highest BCUT2D eigenvalue weighted by molar-refractivity contribution is 6.24. The van der Waals surface area contributed by atoms with Gasteiger partial charge in [0.15, 0.2) is 0 Å². The fraction of sp³-hybridized carbons (Fsp3) is 0.800. The summed E-state index contributed by atoms with van der Waals surface area (Å²) in [4.78, 5) is 14.0. The number of carbonyl (C=O) groups is 1. The summed E-state index contributed by atoms with van der Waals surface area (Å²) in [7, 11) is 0. The van der Waals surface area contributed by atoms with Crippen molar-refractivity contribution in [1.29, 1.82) is 0 Å². The van der Waals surface area contributed by atoms with Gasteiger partial charge in [0.2, 0.25) is 0 Å². The molecule has 1 aliphatic rings. The number of alkyl halides is 1. The molecule has 0 spiro atoms. The molecule has 0 saturated carbocycles. The van der Waals surface area contributed by atoms with Crippen LogP contribution in [0.15, 0.2) is 0 Å². The number of carboxylic acid groups (broad SMARTS) is 1. The Morgan fingerprint density at radius 2 is 2.60 bits per heavy atom. The smallest absolute Gasteiger partial charge is 0.306 e. The Morgan fingerprint density at radius 3 is 3.00 bits per heavy atom. The van der Waals surface area contributed by atoms with Gasteiger partial charge >= 0.3 is 5.97 Å². The SMILES string of the molecule is O=C(O)CC1(Cl)CCON1. The predicted molar refractivity (Wildman–Crippen MR) is 34.5 cm³/mol. The number of carboxylic acids is 1. The maximum Gasteiger partial charge on any atom is 0.306 e. The first-order valence-corrected chi connectivity index (χ1v) is 3.30. The Bertz CT molecular complexity index is 144. The molecular weight excluding hydrogens is 158 g/mol. The van der Waals surface area contributed by atoms with Crippen LogP contribution >= 0.6 is 11.6 Å². The van der Waals surface area contributed by atoms with Crippen molar-refractivity contribution in [1.82, 2.24) is 5.48 Å². The summed E-state index contributed by atoms with van der Waals surface area (Å²) in [5.41, 5.74) is 2.45. The minimum absolute atomic E-state index is 0.117. The molecule has 10 heavy (non-hydrogen) atoms. The fourth-order valence-corrected chi connectivity index (χ4v) is 1.05. The molecule has 1 fully saturated rings. The van der Waals surface area contributed by atoms with E-state index in [2.05, 4.69) is 5.48 Å². The van der Waals surface area contributed by atoms with Gasteiger partial charge in [0, 0.05) is 6.42 Å². The van der Waals surface area contributed by atoms with Crippen LogP contribution in [0.4, 0.5) is 0 Å². The molecule has 0 bridgehead atoms. The zero-order valence-corrected chi connectivity index (χ0v) is 6.02. The van der Waals surface area contributed by atoms with E-state index in [-0.39, 0.29) is 6.42 Å². The van der Waals surface area contributed by atoms with E-state index in [1.54, 1.807) is 0 Å². The number of hydroxylamine groups is 1. The lowest BCUT2D eigenvalue weighted by Gasteiger charge is -2.15. The molecule has 58 valence electrons. The first kappa shape index (κ1) is 7.78. The quantitative estimate of drug-likeness (QED) is 0.457.